The predicted octanol–water partition coefficient (Wildman–Crippen LogP) is 1.68. The molecular weight excluding hydrogens is 164 g/mol. The van der Waals surface area contributed by atoms with Crippen molar-refractivity contribution in [1.82, 2.24) is 0 Å². The van der Waals surface area contributed by atoms with Gasteiger partial charge in [0.05, 0.1) is 6.61 Å². The molecular formula is C11H14O2. The van der Waals surface area contributed by atoms with Gasteiger partial charge in [-0.2, -0.15) is 0 Å². The van der Waals surface area contributed by atoms with Crippen molar-refractivity contribution in [1.29, 1.82) is 0 Å². The number of aryl methyl sites for hydroxylation is 1. The topological polar surface area (TPSA) is 29.5 Å². The van der Waals surface area contributed by atoms with Crippen LogP contribution in [0.5, 0.6) is 5.75 Å². The molecule has 0 bridgehead atoms. The van der Waals surface area contributed by atoms with E-state index in [1.165, 1.54) is 11.1 Å². The number of aliphatic hydroxyl groups excluding tert-OH is 1. The first-order chi connectivity index (χ1) is 6.13. The molecule has 1 N–H and O–H groups in total. The van der Waals surface area contributed by atoms with Crippen LogP contribution >= 0.6 is 0 Å². The second-order valence-electron chi connectivity index (χ2n) is 4.00. The van der Waals surface area contributed by atoms with Crippen LogP contribution in [-0.4, -0.2) is 17.3 Å². The van der Waals surface area contributed by atoms with Gasteiger partial charge in [0.2, 0.25) is 0 Å². The molecule has 2 nitrogen and oxygen atoms in total. The fourth-order valence-electron chi connectivity index (χ4n) is 1.74. The summed E-state index contributed by atoms with van der Waals surface area (Å²) in [6.07, 6.45) is 0.806. The van der Waals surface area contributed by atoms with Crippen molar-refractivity contribution >= 4 is 0 Å². The van der Waals surface area contributed by atoms with E-state index in [4.69, 9.17) is 9.84 Å². The van der Waals surface area contributed by atoms with Gasteiger partial charge in [-0.1, -0.05) is 17.7 Å². The molecule has 0 aromatic heterocycles. The second kappa shape index (κ2) is 2.74. The fraction of sp³-hybridized carbons (Fsp3) is 0.455. The van der Waals surface area contributed by atoms with Crippen LogP contribution in [0.3, 0.4) is 0 Å². The van der Waals surface area contributed by atoms with Crippen LogP contribution in [0.2, 0.25) is 0 Å². The maximum absolute atomic E-state index is 9.14. The molecule has 2 heteroatoms. The number of ether oxygens (including phenoxy) is 1. The molecule has 0 fully saturated rings. The molecule has 0 radical (unpaired) electrons. The van der Waals surface area contributed by atoms with Gasteiger partial charge >= 0.3 is 0 Å². The number of aliphatic hydroxyl groups is 1. The first-order valence-corrected chi connectivity index (χ1v) is 4.52. The van der Waals surface area contributed by atoms with Crippen molar-refractivity contribution in [3.05, 3.63) is 29.3 Å². The van der Waals surface area contributed by atoms with Crippen LogP contribution in [0, 0.1) is 6.92 Å². The summed E-state index contributed by atoms with van der Waals surface area (Å²) < 4.78 is 5.65. The highest BCUT2D eigenvalue weighted by molar-refractivity contribution is 5.41. The van der Waals surface area contributed by atoms with Gasteiger partial charge in [0.1, 0.15) is 11.4 Å². The van der Waals surface area contributed by atoms with Crippen LogP contribution in [-0.2, 0) is 6.42 Å². The largest absolute Gasteiger partial charge is 0.485 e. The molecule has 1 unspecified atom stereocenters. The minimum absolute atomic E-state index is 0.0702. The van der Waals surface area contributed by atoms with E-state index in [9.17, 15) is 0 Å². The Morgan fingerprint density at radius 2 is 2.31 bits per heavy atom. The van der Waals surface area contributed by atoms with E-state index in [-0.39, 0.29) is 6.61 Å². The number of hydrogen-bond acceptors (Lipinski definition) is 2. The normalized spacial score (nSPS) is 25.5. The van der Waals surface area contributed by atoms with E-state index in [0.717, 1.165) is 12.2 Å². The molecule has 1 aliphatic rings. The van der Waals surface area contributed by atoms with Gasteiger partial charge in [-0.25, -0.2) is 0 Å². The lowest BCUT2D eigenvalue weighted by Crippen LogP contribution is -2.34. The van der Waals surface area contributed by atoms with E-state index in [0.29, 0.717) is 0 Å². The van der Waals surface area contributed by atoms with E-state index in [1.807, 2.05) is 19.1 Å². The van der Waals surface area contributed by atoms with E-state index < -0.39 is 5.60 Å². The molecule has 0 spiro atoms. The molecule has 0 saturated carbocycles. The lowest BCUT2D eigenvalue weighted by Gasteiger charge is -2.20. The zero-order chi connectivity index (χ0) is 9.47. The van der Waals surface area contributed by atoms with E-state index in [1.54, 1.807) is 0 Å². The number of hydrogen-bond donors (Lipinski definition) is 1. The molecule has 13 heavy (non-hydrogen) atoms. The Morgan fingerprint density at radius 1 is 1.54 bits per heavy atom. The van der Waals surface area contributed by atoms with Crippen LogP contribution < -0.4 is 4.74 Å². The van der Waals surface area contributed by atoms with Gasteiger partial charge in [0, 0.05) is 6.42 Å². The third kappa shape index (κ3) is 1.42. The molecule has 1 heterocycles. The molecule has 1 aliphatic heterocycles. The lowest BCUT2D eigenvalue weighted by atomic mass is 9.99. The first-order valence-electron chi connectivity index (χ1n) is 4.52. The zero-order valence-electron chi connectivity index (χ0n) is 8.00. The summed E-state index contributed by atoms with van der Waals surface area (Å²) in [4.78, 5) is 0. The summed E-state index contributed by atoms with van der Waals surface area (Å²) >= 11 is 0. The lowest BCUT2D eigenvalue weighted by molar-refractivity contribution is 0.0446. The zero-order valence-corrected chi connectivity index (χ0v) is 8.00. The summed E-state index contributed by atoms with van der Waals surface area (Å²) in [6.45, 7) is 4.07. The Labute approximate surface area is 78.2 Å². The van der Waals surface area contributed by atoms with Gasteiger partial charge < -0.3 is 9.84 Å². The van der Waals surface area contributed by atoms with Crippen molar-refractivity contribution in [2.24, 2.45) is 0 Å². The van der Waals surface area contributed by atoms with Crippen LogP contribution in [0.4, 0.5) is 0 Å². The molecule has 70 valence electrons. The third-order valence-electron chi connectivity index (χ3n) is 2.47. The summed E-state index contributed by atoms with van der Waals surface area (Å²) in [7, 11) is 0. The Bertz CT molecular complexity index is 333. The summed E-state index contributed by atoms with van der Waals surface area (Å²) in [5.74, 6) is 0.919. The van der Waals surface area contributed by atoms with Gasteiger partial charge in [-0.15, -0.1) is 0 Å². The monoisotopic (exact) mass is 178 g/mol. The Kier molecular flexibility index (Phi) is 1.81. The fourth-order valence-corrected chi connectivity index (χ4v) is 1.74. The maximum atomic E-state index is 9.14. The second-order valence-corrected chi connectivity index (χ2v) is 4.00. The van der Waals surface area contributed by atoms with Crippen molar-refractivity contribution in [2.45, 2.75) is 25.9 Å². The van der Waals surface area contributed by atoms with Gasteiger partial charge in [-0.3, -0.25) is 0 Å². The Hall–Kier alpha value is -1.02. The van der Waals surface area contributed by atoms with Crippen molar-refractivity contribution in [3.63, 3.8) is 0 Å². The SMILES string of the molecule is Cc1ccc2c(c1)CC(C)(CO)O2. The average molecular weight is 178 g/mol. The highest BCUT2D eigenvalue weighted by atomic mass is 16.5. The third-order valence-corrected chi connectivity index (χ3v) is 2.47. The number of rotatable bonds is 1. The quantitative estimate of drug-likeness (QED) is 0.709. The highest BCUT2D eigenvalue weighted by Crippen LogP contribution is 2.34. The van der Waals surface area contributed by atoms with Crippen molar-refractivity contribution in [2.75, 3.05) is 6.61 Å². The van der Waals surface area contributed by atoms with Crippen LogP contribution in [0.15, 0.2) is 18.2 Å². The smallest absolute Gasteiger partial charge is 0.133 e. The van der Waals surface area contributed by atoms with E-state index in [2.05, 4.69) is 13.0 Å². The predicted molar refractivity (Wildman–Crippen MR) is 51.0 cm³/mol. The van der Waals surface area contributed by atoms with Crippen LogP contribution in [0.25, 0.3) is 0 Å². The summed E-state index contributed by atoms with van der Waals surface area (Å²) in [5, 5.41) is 9.14. The molecule has 1 aromatic rings. The minimum Gasteiger partial charge on any atom is -0.485 e. The summed E-state index contributed by atoms with van der Waals surface area (Å²) in [6, 6.07) is 6.13. The van der Waals surface area contributed by atoms with Crippen molar-refractivity contribution in [3.8, 4) is 5.75 Å². The van der Waals surface area contributed by atoms with E-state index >= 15 is 0 Å². The molecule has 1 aromatic carbocycles. The minimum atomic E-state index is -0.407. The average Bonchev–Trinajstić information content (AvgIpc) is 2.42. The molecule has 0 amide bonds. The Balaban J connectivity index is 2.35. The standard InChI is InChI=1S/C11H14O2/c1-8-3-4-10-9(5-8)6-11(2,7-12)13-10/h3-5,12H,6-7H2,1-2H3. The molecule has 2 rings (SSSR count). The van der Waals surface area contributed by atoms with Gasteiger partial charge in [-0.05, 0) is 25.5 Å². The summed E-state index contributed by atoms with van der Waals surface area (Å²) in [5.41, 5.74) is 2.04. The molecule has 1 atom stereocenters. The number of fused-ring (bicyclic) bond motifs is 1. The van der Waals surface area contributed by atoms with Crippen LogP contribution in [0.1, 0.15) is 18.1 Å². The first kappa shape index (κ1) is 8.57. The highest BCUT2D eigenvalue weighted by Gasteiger charge is 2.33. The van der Waals surface area contributed by atoms with Gasteiger partial charge in [0.25, 0.3) is 0 Å². The van der Waals surface area contributed by atoms with Crippen molar-refractivity contribution < 1.29 is 9.84 Å². The van der Waals surface area contributed by atoms with Gasteiger partial charge in [0.15, 0.2) is 0 Å². The maximum Gasteiger partial charge on any atom is 0.133 e. The molecule has 0 saturated heterocycles. The Morgan fingerprint density at radius 3 is 3.00 bits per heavy atom. The molecule has 0 aliphatic carbocycles. The number of benzene rings is 1.